The first kappa shape index (κ1) is 13.7. The molecule has 0 bridgehead atoms. The van der Waals surface area contributed by atoms with Crippen LogP contribution in [0.2, 0.25) is 0 Å². The van der Waals surface area contributed by atoms with Gasteiger partial charge in [0.2, 0.25) is 0 Å². The van der Waals surface area contributed by atoms with Gasteiger partial charge in [-0.3, -0.25) is 9.59 Å². The molecule has 8 nitrogen and oxygen atoms in total. The van der Waals surface area contributed by atoms with Crippen LogP contribution in [0.5, 0.6) is 0 Å². The lowest BCUT2D eigenvalue weighted by atomic mass is 10.1. The Morgan fingerprint density at radius 3 is 2.65 bits per heavy atom. The van der Waals surface area contributed by atoms with E-state index in [4.69, 9.17) is 26.5 Å². The van der Waals surface area contributed by atoms with Crippen molar-refractivity contribution in [3.8, 4) is 0 Å². The highest BCUT2D eigenvalue weighted by Crippen LogP contribution is 2.21. The Hall–Kier alpha value is -1.32. The Morgan fingerprint density at radius 2 is 2.12 bits per heavy atom. The van der Waals surface area contributed by atoms with Crippen LogP contribution in [0.25, 0.3) is 0 Å². The maximum atomic E-state index is 10.6. The minimum atomic E-state index is -1.17. The number of carbonyl (C=O) groups is 2. The monoisotopic (exact) mass is 263 g/mol. The molecule has 0 saturated heterocycles. The molecular formula is C8H13N3O5S. The third kappa shape index (κ3) is 3.88. The second-order valence-electron chi connectivity index (χ2n) is 3.45. The average Bonchev–Trinajstić information content (AvgIpc) is 2.72. The number of carboxylic acids is 2. The summed E-state index contributed by atoms with van der Waals surface area (Å²) in [6, 6.07) is -2.14. The van der Waals surface area contributed by atoms with Gasteiger partial charge in [-0.25, -0.2) is 0 Å². The van der Waals surface area contributed by atoms with Crippen molar-refractivity contribution < 1.29 is 24.6 Å². The summed E-state index contributed by atoms with van der Waals surface area (Å²) in [5, 5.41) is 21.4. The summed E-state index contributed by atoms with van der Waals surface area (Å²) >= 11 is 1.12. The van der Waals surface area contributed by atoms with Crippen molar-refractivity contribution >= 4 is 28.7 Å². The molecule has 0 aliphatic carbocycles. The van der Waals surface area contributed by atoms with Crippen LogP contribution in [0.15, 0.2) is 5.16 Å². The zero-order valence-corrected chi connectivity index (χ0v) is 9.59. The summed E-state index contributed by atoms with van der Waals surface area (Å²) in [4.78, 5) is 25.9. The maximum Gasteiger partial charge on any atom is 0.324 e. The minimum Gasteiger partial charge on any atom is -0.480 e. The summed E-state index contributed by atoms with van der Waals surface area (Å²) in [6.07, 6.45) is -0.458. The van der Waals surface area contributed by atoms with Crippen molar-refractivity contribution in [2.75, 3.05) is 5.75 Å². The first-order valence-corrected chi connectivity index (χ1v) is 5.72. The van der Waals surface area contributed by atoms with Crippen LogP contribution >= 0.6 is 11.8 Å². The van der Waals surface area contributed by atoms with Gasteiger partial charge in [0, 0.05) is 12.2 Å². The summed E-state index contributed by atoms with van der Waals surface area (Å²) in [7, 11) is 0. The quantitative estimate of drug-likeness (QED) is 0.475. The van der Waals surface area contributed by atoms with Gasteiger partial charge in [-0.05, 0) is 0 Å². The molecule has 0 radical (unpaired) electrons. The second kappa shape index (κ2) is 5.84. The van der Waals surface area contributed by atoms with E-state index in [1.807, 2.05) is 0 Å². The number of aliphatic carboxylic acids is 2. The average molecular weight is 263 g/mol. The van der Waals surface area contributed by atoms with Crippen molar-refractivity contribution in [2.45, 2.75) is 24.6 Å². The summed E-state index contributed by atoms with van der Waals surface area (Å²) < 4.78 is 0. The van der Waals surface area contributed by atoms with E-state index >= 15 is 0 Å². The molecule has 17 heavy (non-hydrogen) atoms. The number of hydrogen-bond donors (Lipinski definition) is 4. The molecule has 0 unspecified atom stereocenters. The topological polar surface area (TPSA) is 148 Å². The molecule has 9 heteroatoms. The zero-order valence-electron chi connectivity index (χ0n) is 8.78. The molecule has 0 saturated carbocycles. The highest BCUT2D eigenvalue weighted by atomic mass is 32.2. The van der Waals surface area contributed by atoms with Crippen LogP contribution in [0, 0.1) is 0 Å². The Kier molecular flexibility index (Phi) is 4.73. The lowest BCUT2D eigenvalue weighted by molar-refractivity contribution is -0.142. The Balaban J connectivity index is 2.35. The SMILES string of the molecule is N[C@H](C(=O)O)[C@@H]1CC(SC[C@H](N)C(=O)O)=NO1. The van der Waals surface area contributed by atoms with Gasteiger partial charge in [-0.15, -0.1) is 11.8 Å². The van der Waals surface area contributed by atoms with Gasteiger partial charge in [0.1, 0.15) is 17.1 Å². The molecule has 6 N–H and O–H groups in total. The molecule has 3 atom stereocenters. The van der Waals surface area contributed by atoms with Crippen LogP contribution in [-0.4, -0.2) is 51.1 Å². The number of nitrogens with two attached hydrogens (primary N) is 2. The summed E-state index contributed by atoms with van der Waals surface area (Å²) in [5.41, 5.74) is 10.7. The van der Waals surface area contributed by atoms with Crippen molar-refractivity contribution in [2.24, 2.45) is 16.6 Å². The Labute approximate surface area is 101 Å². The molecule has 1 heterocycles. The van der Waals surface area contributed by atoms with E-state index < -0.39 is 30.1 Å². The molecule has 1 rings (SSSR count). The highest BCUT2D eigenvalue weighted by Gasteiger charge is 2.32. The van der Waals surface area contributed by atoms with Gasteiger partial charge in [0.25, 0.3) is 0 Å². The molecule has 96 valence electrons. The normalized spacial score (nSPS) is 22.5. The van der Waals surface area contributed by atoms with Crippen LogP contribution in [0.4, 0.5) is 0 Å². The molecule has 1 aliphatic heterocycles. The van der Waals surface area contributed by atoms with Gasteiger partial charge >= 0.3 is 11.9 Å². The van der Waals surface area contributed by atoms with Gasteiger partial charge < -0.3 is 26.5 Å². The molecule has 0 aromatic carbocycles. The molecule has 1 aliphatic rings. The number of oxime groups is 1. The highest BCUT2D eigenvalue weighted by molar-refractivity contribution is 8.14. The summed E-state index contributed by atoms with van der Waals surface area (Å²) in [6.45, 7) is 0. The van der Waals surface area contributed by atoms with Crippen LogP contribution in [0.3, 0.4) is 0 Å². The van der Waals surface area contributed by atoms with Crippen molar-refractivity contribution in [3.63, 3.8) is 0 Å². The van der Waals surface area contributed by atoms with E-state index in [1.54, 1.807) is 0 Å². The minimum absolute atomic E-state index is 0.145. The maximum absolute atomic E-state index is 10.6. The van der Waals surface area contributed by atoms with Crippen LogP contribution in [0.1, 0.15) is 6.42 Å². The fourth-order valence-corrected chi connectivity index (χ4v) is 1.96. The van der Waals surface area contributed by atoms with E-state index in [1.165, 1.54) is 0 Å². The van der Waals surface area contributed by atoms with E-state index in [-0.39, 0.29) is 12.2 Å². The van der Waals surface area contributed by atoms with Gasteiger partial charge in [0.15, 0.2) is 6.10 Å². The first-order valence-electron chi connectivity index (χ1n) is 4.74. The number of nitrogens with zero attached hydrogens (tertiary/aromatic N) is 1. The van der Waals surface area contributed by atoms with Crippen molar-refractivity contribution in [1.29, 1.82) is 0 Å². The van der Waals surface area contributed by atoms with Gasteiger partial charge in [-0.2, -0.15) is 0 Å². The fraction of sp³-hybridized carbons (Fsp3) is 0.625. The largest absolute Gasteiger partial charge is 0.480 e. The fourth-order valence-electron chi connectivity index (χ4n) is 1.07. The molecule has 0 aromatic heterocycles. The molecule has 0 fully saturated rings. The molecule has 0 spiro atoms. The number of thioether (sulfide) groups is 1. The lowest BCUT2D eigenvalue weighted by Crippen LogP contribution is -2.41. The zero-order chi connectivity index (χ0) is 13.0. The Morgan fingerprint density at radius 1 is 1.47 bits per heavy atom. The van der Waals surface area contributed by atoms with Gasteiger partial charge in [-0.1, -0.05) is 5.16 Å². The third-order valence-corrected chi connectivity index (χ3v) is 3.20. The van der Waals surface area contributed by atoms with Gasteiger partial charge in [0.05, 0.1) is 0 Å². The predicted octanol–water partition coefficient (Wildman–Crippen LogP) is -1.35. The van der Waals surface area contributed by atoms with E-state index in [0.717, 1.165) is 11.8 Å². The van der Waals surface area contributed by atoms with Crippen LogP contribution in [-0.2, 0) is 14.4 Å². The smallest absolute Gasteiger partial charge is 0.324 e. The summed E-state index contributed by atoms with van der Waals surface area (Å²) in [5.74, 6) is -2.12. The van der Waals surface area contributed by atoms with E-state index in [2.05, 4.69) is 5.16 Å². The number of carboxylic acid groups (broad SMARTS) is 2. The Bertz CT molecular complexity index is 348. The third-order valence-electron chi connectivity index (χ3n) is 2.10. The molecule has 0 amide bonds. The second-order valence-corrected chi connectivity index (χ2v) is 4.55. The van der Waals surface area contributed by atoms with Crippen molar-refractivity contribution in [1.82, 2.24) is 0 Å². The van der Waals surface area contributed by atoms with Crippen molar-refractivity contribution in [3.05, 3.63) is 0 Å². The molecular weight excluding hydrogens is 250 g/mol. The number of rotatable bonds is 5. The molecule has 0 aromatic rings. The first-order chi connectivity index (χ1) is 7.91. The number of hydrogen-bond acceptors (Lipinski definition) is 7. The standard InChI is InChI=1S/C8H13N3O5S/c9-3(7(12)13)2-17-5-1-4(16-11-5)6(10)8(14)15/h3-4,6H,1-2,9-10H2,(H,12,13)(H,14,15)/t3-,4-,6-/m0/s1. The van der Waals surface area contributed by atoms with E-state index in [9.17, 15) is 9.59 Å². The van der Waals surface area contributed by atoms with E-state index in [0.29, 0.717) is 5.04 Å². The predicted molar refractivity (Wildman–Crippen MR) is 60.6 cm³/mol. The lowest BCUT2D eigenvalue weighted by Gasteiger charge is -2.11. The van der Waals surface area contributed by atoms with Crippen LogP contribution < -0.4 is 11.5 Å².